The van der Waals surface area contributed by atoms with E-state index in [0.29, 0.717) is 5.56 Å². The van der Waals surface area contributed by atoms with Crippen molar-refractivity contribution in [2.24, 2.45) is 0 Å². The molecule has 2 aromatic rings. The Balaban J connectivity index is 1.79. The van der Waals surface area contributed by atoms with Crippen molar-refractivity contribution < 1.29 is 9.72 Å². The summed E-state index contributed by atoms with van der Waals surface area (Å²) in [6.07, 6.45) is 5.70. The number of nitro groups is 1. The van der Waals surface area contributed by atoms with Crippen LogP contribution in [0.2, 0.25) is 0 Å². The summed E-state index contributed by atoms with van der Waals surface area (Å²) in [6.45, 7) is 8.38. The number of carbonyl (C=O) groups is 1. The van der Waals surface area contributed by atoms with Crippen molar-refractivity contribution >= 4 is 23.2 Å². The Labute approximate surface area is 174 Å². The van der Waals surface area contributed by atoms with Gasteiger partial charge in [0, 0.05) is 35.1 Å². The van der Waals surface area contributed by atoms with E-state index < -0.39 is 10.8 Å². The number of piperidine rings is 1. The highest BCUT2D eigenvalue weighted by atomic mass is 16.6. The molecule has 0 saturated carbocycles. The maximum atomic E-state index is 12.2. The third-order valence-electron chi connectivity index (χ3n) is 4.77. The van der Waals surface area contributed by atoms with Crippen LogP contribution in [0, 0.1) is 10.1 Å². The predicted octanol–water partition coefficient (Wildman–Crippen LogP) is 2.26. The van der Waals surface area contributed by atoms with Crippen molar-refractivity contribution in [3.05, 3.63) is 46.5 Å². The quantitative estimate of drug-likeness (QED) is 0.413. The molecule has 0 radical (unpaired) electrons. The minimum Gasteiger partial charge on any atom is -0.361 e. The van der Waals surface area contributed by atoms with Gasteiger partial charge in [-0.15, -0.1) is 0 Å². The van der Waals surface area contributed by atoms with Gasteiger partial charge < -0.3 is 10.6 Å². The first-order valence-electron chi connectivity index (χ1n) is 9.58. The number of carbonyl (C=O) groups excluding carboxylic acids is 1. The first-order valence-corrected chi connectivity index (χ1v) is 9.58. The lowest BCUT2D eigenvalue weighted by atomic mass is 9.79. The standard InChI is InChI=1S/C19H26N8O3/c1-18(2)9-13(10-19(3,4)26-18)23-15-14(27(29)30)16(22-11-21-15)24-25-17(28)12-5-7-20-8-6-12/h5-8,11,13,26H,9-10H2,1-4H3,(H,25,28)(H2,21,22,23,24). The number of anilines is 2. The van der Waals surface area contributed by atoms with Gasteiger partial charge in [0.25, 0.3) is 5.91 Å². The molecule has 30 heavy (non-hydrogen) atoms. The van der Waals surface area contributed by atoms with Gasteiger partial charge >= 0.3 is 5.69 Å². The van der Waals surface area contributed by atoms with Crippen LogP contribution >= 0.6 is 0 Å². The summed E-state index contributed by atoms with van der Waals surface area (Å²) in [5, 5.41) is 18.5. The number of amides is 1. The van der Waals surface area contributed by atoms with Crippen molar-refractivity contribution in [2.75, 3.05) is 10.7 Å². The Morgan fingerprint density at radius 2 is 1.73 bits per heavy atom. The zero-order valence-electron chi connectivity index (χ0n) is 17.4. The second-order valence-corrected chi connectivity index (χ2v) is 8.63. The molecule has 0 spiro atoms. The van der Waals surface area contributed by atoms with Gasteiger partial charge in [0.05, 0.1) is 4.92 Å². The molecule has 2 aromatic heterocycles. The molecule has 4 N–H and O–H groups in total. The van der Waals surface area contributed by atoms with Crippen molar-refractivity contribution in [3.8, 4) is 0 Å². The van der Waals surface area contributed by atoms with E-state index >= 15 is 0 Å². The Morgan fingerprint density at radius 1 is 1.13 bits per heavy atom. The average molecular weight is 414 g/mol. The number of aromatic nitrogens is 3. The molecule has 1 aliphatic heterocycles. The van der Waals surface area contributed by atoms with Crippen LogP contribution in [0.4, 0.5) is 17.3 Å². The first-order chi connectivity index (χ1) is 14.1. The molecule has 0 unspecified atom stereocenters. The van der Waals surface area contributed by atoms with Gasteiger partial charge in [0.15, 0.2) is 0 Å². The van der Waals surface area contributed by atoms with E-state index in [1.165, 1.54) is 30.9 Å². The molecule has 1 saturated heterocycles. The van der Waals surface area contributed by atoms with E-state index in [4.69, 9.17) is 0 Å². The Bertz CT molecular complexity index is 917. The second-order valence-electron chi connectivity index (χ2n) is 8.63. The number of nitrogens with zero attached hydrogens (tertiary/aromatic N) is 4. The van der Waals surface area contributed by atoms with Crippen molar-refractivity contribution in [1.29, 1.82) is 0 Å². The molecule has 11 nitrogen and oxygen atoms in total. The molecule has 160 valence electrons. The van der Waals surface area contributed by atoms with Gasteiger partial charge in [0.1, 0.15) is 6.33 Å². The van der Waals surface area contributed by atoms with Crippen molar-refractivity contribution in [2.45, 2.75) is 57.7 Å². The number of rotatable bonds is 6. The van der Waals surface area contributed by atoms with Gasteiger partial charge in [0.2, 0.25) is 11.6 Å². The SMILES string of the molecule is CC1(C)CC(Nc2ncnc(NNC(=O)c3ccncc3)c2[N+](=O)[O-])CC(C)(C)N1. The van der Waals surface area contributed by atoms with E-state index in [1.807, 2.05) is 0 Å². The highest BCUT2D eigenvalue weighted by Crippen LogP contribution is 2.34. The fourth-order valence-corrected chi connectivity index (χ4v) is 4.06. The number of hydrogen-bond acceptors (Lipinski definition) is 9. The van der Waals surface area contributed by atoms with E-state index in [-0.39, 0.29) is 34.4 Å². The number of nitrogens with one attached hydrogen (secondary N) is 4. The van der Waals surface area contributed by atoms with Crippen molar-refractivity contribution in [1.82, 2.24) is 25.7 Å². The molecule has 0 aliphatic carbocycles. The molecule has 3 heterocycles. The summed E-state index contributed by atoms with van der Waals surface area (Å²) in [6, 6.07) is 3.03. The maximum Gasteiger partial charge on any atom is 0.354 e. The van der Waals surface area contributed by atoms with Crippen LogP contribution in [0.5, 0.6) is 0 Å². The lowest BCUT2D eigenvalue weighted by Gasteiger charge is -2.46. The van der Waals surface area contributed by atoms with E-state index in [1.54, 1.807) is 0 Å². The van der Waals surface area contributed by atoms with Crippen LogP contribution in [0.25, 0.3) is 0 Å². The van der Waals surface area contributed by atoms with Crippen LogP contribution in [0.15, 0.2) is 30.9 Å². The zero-order chi connectivity index (χ0) is 21.9. The molecular weight excluding hydrogens is 388 g/mol. The largest absolute Gasteiger partial charge is 0.361 e. The summed E-state index contributed by atoms with van der Waals surface area (Å²) in [5.74, 6) is -0.469. The summed E-state index contributed by atoms with van der Waals surface area (Å²) in [4.78, 5) is 35.3. The molecule has 1 aliphatic rings. The van der Waals surface area contributed by atoms with Crippen LogP contribution in [0.3, 0.4) is 0 Å². The summed E-state index contributed by atoms with van der Waals surface area (Å²) >= 11 is 0. The predicted molar refractivity (Wildman–Crippen MR) is 112 cm³/mol. The van der Waals surface area contributed by atoms with Gasteiger partial charge in [-0.1, -0.05) is 0 Å². The summed E-state index contributed by atoms with van der Waals surface area (Å²) in [7, 11) is 0. The molecule has 3 rings (SSSR count). The van der Waals surface area contributed by atoms with Crippen LogP contribution < -0.4 is 21.5 Å². The summed E-state index contributed by atoms with van der Waals surface area (Å²) < 4.78 is 0. The van der Waals surface area contributed by atoms with Crippen LogP contribution in [-0.2, 0) is 0 Å². The normalized spacial score (nSPS) is 17.7. The fraction of sp³-hybridized carbons (Fsp3) is 0.474. The number of hydrazine groups is 1. The molecular formula is C19H26N8O3. The van der Waals surface area contributed by atoms with E-state index in [9.17, 15) is 14.9 Å². The monoisotopic (exact) mass is 414 g/mol. The maximum absolute atomic E-state index is 12.2. The second kappa shape index (κ2) is 8.19. The Morgan fingerprint density at radius 3 is 2.33 bits per heavy atom. The Hall–Kier alpha value is -3.34. The van der Waals surface area contributed by atoms with E-state index in [2.05, 4.69) is 64.1 Å². The van der Waals surface area contributed by atoms with Gasteiger partial charge in [-0.05, 0) is 52.7 Å². The molecule has 1 amide bonds. The highest BCUT2D eigenvalue weighted by molar-refractivity contribution is 5.94. The molecule has 0 atom stereocenters. The lowest BCUT2D eigenvalue weighted by Crippen LogP contribution is -2.60. The number of pyridine rings is 1. The van der Waals surface area contributed by atoms with E-state index in [0.717, 1.165) is 12.8 Å². The highest BCUT2D eigenvalue weighted by Gasteiger charge is 2.38. The van der Waals surface area contributed by atoms with Crippen LogP contribution in [-0.4, -0.2) is 42.9 Å². The average Bonchev–Trinajstić information content (AvgIpc) is 2.64. The van der Waals surface area contributed by atoms with Gasteiger partial charge in [-0.3, -0.25) is 30.7 Å². The minimum atomic E-state index is -0.569. The van der Waals surface area contributed by atoms with Gasteiger partial charge in [-0.25, -0.2) is 9.97 Å². The third-order valence-corrected chi connectivity index (χ3v) is 4.77. The van der Waals surface area contributed by atoms with Crippen molar-refractivity contribution in [3.63, 3.8) is 0 Å². The minimum absolute atomic E-state index is 0.0240. The molecule has 1 fully saturated rings. The number of hydrogen-bond donors (Lipinski definition) is 4. The third kappa shape index (κ3) is 5.17. The molecule has 11 heteroatoms. The van der Waals surface area contributed by atoms with Gasteiger partial charge in [-0.2, -0.15) is 0 Å². The summed E-state index contributed by atoms with van der Waals surface area (Å²) in [5.41, 5.74) is 4.70. The first kappa shape index (κ1) is 21.4. The fourth-order valence-electron chi connectivity index (χ4n) is 4.06. The molecule has 0 aromatic carbocycles. The smallest absolute Gasteiger partial charge is 0.354 e. The molecule has 0 bridgehead atoms. The Kier molecular flexibility index (Phi) is 5.83. The van der Waals surface area contributed by atoms with Crippen LogP contribution in [0.1, 0.15) is 50.9 Å². The zero-order valence-corrected chi connectivity index (χ0v) is 17.4. The topological polar surface area (TPSA) is 147 Å². The lowest BCUT2D eigenvalue weighted by molar-refractivity contribution is -0.383.